The number of nitrogens with zero attached hydrogens (tertiary/aromatic N) is 5. The first-order valence-corrected chi connectivity index (χ1v) is 14.0. The average molecular weight is 592 g/mol. The summed E-state index contributed by atoms with van der Waals surface area (Å²) in [4.78, 5) is 19.7. The molecule has 0 unspecified atom stereocenters. The molecular weight excluding hydrogens is 551 g/mol. The Hall–Kier alpha value is -1.16. The molecule has 208 valence electrons. The molecule has 1 amide bonds. The highest BCUT2D eigenvalue weighted by molar-refractivity contribution is 7.99. The first-order chi connectivity index (χ1) is 16.6. The third-order valence-corrected chi connectivity index (χ3v) is 8.72. The number of aromatic nitrogens is 2. The standard InChI is InChI=1S/C26H38N6OS.3ClH/c1-20-17-25(32(28-20)23-5-3-2-4-6-23)30-13-11-29(12-14-30)22-9-7-21(8-10-22)18-24(27)26(33)31-15-16-34-19-31;;;/h2-6,17,21-22,24H,7-16,18-19,27H2,1H3;3*1H/t21-,22-,24-;;;/m0.../s1. The Bertz CT molecular complexity index is 958. The fourth-order valence-corrected chi connectivity index (χ4v) is 6.77. The molecule has 1 saturated carbocycles. The number of thioether (sulfide) groups is 1. The van der Waals surface area contributed by atoms with E-state index in [1.165, 1.54) is 31.5 Å². The number of hydrogen-bond donors (Lipinski definition) is 1. The summed E-state index contributed by atoms with van der Waals surface area (Å²) >= 11 is 1.83. The van der Waals surface area contributed by atoms with E-state index in [-0.39, 0.29) is 49.2 Å². The highest BCUT2D eigenvalue weighted by atomic mass is 35.5. The van der Waals surface area contributed by atoms with Crippen LogP contribution in [0.15, 0.2) is 36.4 Å². The number of carbonyl (C=O) groups excluding carboxylic acids is 1. The zero-order valence-electron chi connectivity index (χ0n) is 21.5. The van der Waals surface area contributed by atoms with Gasteiger partial charge in [-0.25, -0.2) is 4.68 Å². The Kier molecular flexibility index (Phi) is 12.9. The number of halogens is 3. The van der Waals surface area contributed by atoms with Gasteiger partial charge in [-0.2, -0.15) is 5.10 Å². The third-order valence-electron chi connectivity index (χ3n) is 7.75. The number of anilines is 1. The fraction of sp³-hybridized carbons (Fsp3) is 0.615. The minimum atomic E-state index is -0.318. The van der Waals surface area contributed by atoms with Gasteiger partial charge in [0.2, 0.25) is 5.91 Å². The van der Waals surface area contributed by atoms with Gasteiger partial charge in [-0.3, -0.25) is 9.69 Å². The van der Waals surface area contributed by atoms with Gasteiger partial charge in [0.1, 0.15) is 5.82 Å². The first-order valence-electron chi connectivity index (χ1n) is 12.8. The highest BCUT2D eigenvalue weighted by Gasteiger charge is 2.32. The summed E-state index contributed by atoms with van der Waals surface area (Å²) in [5, 5.41) is 4.76. The van der Waals surface area contributed by atoms with E-state index in [2.05, 4.69) is 51.7 Å². The molecule has 7 nitrogen and oxygen atoms in total. The van der Waals surface area contributed by atoms with Crippen molar-refractivity contribution < 1.29 is 4.79 Å². The molecule has 11 heteroatoms. The number of aryl methyl sites for hydroxylation is 1. The number of carbonyl (C=O) groups is 1. The first kappa shape index (κ1) is 32.1. The Labute approximate surface area is 244 Å². The van der Waals surface area contributed by atoms with Gasteiger partial charge in [0.15, 0.2) is 0 Å². The molecule has 0 bridgehead atoms. The highest BCUT2D eigenvalue weighted by Crippen LogP contribution is 2.32. The molecule has 1 aromatic carbocycles. The SMILES string of the molecule is Cc1cc(N2CCN([C@H]3CC[C@H](C[C@H](N)C(=O)N4CCSC4)CC3)CC2)n(-c2ccccc2)n1.Cl.Cl.Cl. The van der Waals surface area contributed by atoms with Gasteiger partial charge in [0.25, 0.3) is 0 Å². The van der Waals surface area contributed by atoms with Crippen LogP contribution < -0.4 is 10.6 Å². The van der Waals surface area contributed by atoms with E-state index in [1.807, 2.05) is 22.7 Å². The number of rotatable bonds is 6. The smallest absolute Gasteiger partial charge is 0.240 e. The maximum absolute atomic E-state index is 12.6. The molecule has 37 heavy (non-hydrogen) atoms. The zero-order valence-corrected chi connectivity index (χ0v) is 24.8. The van der Waals surface area contributed by atoms with Crippen molar-refractivity contribution >= 4 is 60.7 Å². The monoisotopic (exact) mass is 590 g/mol. The predicted octanol–water partition coefficient (Wildman–Crippen LogP) is 4.38. The molecule has 2 N–H and O–H groups in total. The number of nitrogens with two attached hydrogens (primary N) is 1. The van der Waals surface area contributed by atoms with Crippen LogP contribution >= 0.6 is 49.0 Å². The molecule has 1 atom stereocenters. The summed E-state index contributed by atoms with van der Waals surface area (Å²) in [6, 6.07) is 13.0. The maximum Gasteiger partial charge on any atom is 0.240 e. The summed E-state index contributed by atoms with van der Waals surface area (Å²) in [6.45, 7) is 7.19. The second kappa shape index (κ2) is 14.8. The van der Waals surface area contributed by atoms with E-state index >= 15 is 0 Å². The van der Waals surface area contributed by atoms with E-state index in [1.54, 1.807) is 0 Å². The number of para-hydroxylation sites is 1. The van der Waals surface area contributed by atoms with Crippen LogP contribution in [-0.2, 0) is 4.79 Å². The van der Waals surface area contributed by atoms with Crippen LogP contribution in [0.25, 0.3) is 5.69 Å². The molecule has 5 rings (SSSR count). The van der Waals surface area contributed by atoms with Crippen molar-refractivity contribution in [1.82, 2.24) is 19.6 Å². The molecule has 0 radical (unpaired) electrons. The molecule has 1 aromatic heterocycles. The van der Waals surface area contributed by atoms with Crippen molar-refractivity contribution in [3.8, 4) is 5.69 Å². The fourth-order valence-electron chi connectivity index (χ4n) is 5.81. The van der Waals surface area contributed by atoms with Crippen LogP contribution in [0.1, 0.15) is 37.8 Å². The second-order valence-electron chi connectivity index (χ2n) is 10.1. The lowest BCUT2D eigenvalue weighted by Crippen LogP contribution is -2.51. The Balaban J connectivity index is 0.00000160. The van der Waals surface area contributed by atoms with Crippen LogP contribution in [0.3, 0.4) is 0 Å². The van der Waals surface area contributed by atoms with Crippen molar-refractivity contribution in [2.75, 3.05) is 49.3 Å². The van der Waals surface area contributed by atoms with Crippen molar-refractivity contribution in [1.29, 1.82) is 0 Å². The van der Waals surface area contributed by atoms with Crippen LogP contribution in [0, 0.1) is 12.8 Å². The van der Waals surface area contributed by atoms with Gasteiger partial charge in [-0.05, 0) is 57.1 Å². The van der Waals surface area contributed by atoms with E-state index in [0.717, 1.165) is 62.2 Å². The summed E-state index contributed by atoms with van der Waals surface area (Å²) in [6.07, 6.45) is 5.70. The van der Waals surface area contributed by atoms with Gasteiger partial charge in [-0.15, -0.1) is 49.0 Å². The van der Waals surface area contributed by atoms with Gasteiger partial charge < -0.3 is 15.5 Å². The van der Waals surface area contributed by atoms with Crippen LogP contribution in [0.5, 0.6) is 0 Å². The Morgan fingerprint density at radius 3 is 2.32 bits per heavy atom. The molecule has 3 heterocycles. The number of benzene rings is 1. The summed E-state index contributed by atoms with van der Waals surface area (Å²) in [5.41, 5.74) is 8.48. The molecule has 2 saturated heterocycles. The molecular formula is C26H41Cl3N6OS. The van der Waals surface area contributed by atoms with Gasteiger partial charge in [0.05, 0.1) is 23.3 Å². The lowest BCUT2D eigenvalue weighted by molar-refractivity contribution is -0.131. The molecule has 0 spiro atoms. The van der Waals surface area contributed by atoms with E-state index in [0.29, 0.717) is 12.0 Å². The van der Waals surface area contributed by atoms with Crippen molar-refractivity contribution in [2.24, 2.45) is 11.7 Å². The minimum Gasteiger partial charge on any atom is -0.354 e. The predicted molar refractivity (Wildman–Crippen MR) is 161 cm³/mol. The summed E-state index contributed by atoms with van der Waals surface area (Å²) in [7, 11) is 0. The van der Waals surface area contributed by atoms with E-state index in [4.69, 9.17) is 10.8 Å². The minimum absolute atomic E-state index is 0. The van der Waals surface area contributed by atoms with E-state index < -0.39 is 0 Å². The largest absolute Gasteiger partial charge is 0.354 e. The van der Waals surface area contributed by atoms with Crippen LogP contribution in [-0.4, -0.2) is 81.9 Å². The molecule has 2 aromatic rings. The lowest BCUT2D eigenvalue weighted by atomic mass is 9.81. The molecule has 3 fully saturated rings. The normalized spacial score (nSPS) is 23.0. The lowest BCUT2D eigenvalue weighted by Gasteiger charge is -2.42. The number of amides is 1. The summed E-state index contributed by atoms with van der Waals surface area (Å²) < 4.78 is 2.08. The Morgan fingerprint density at radius 2 is 1.70 bits per heavy atom. The molecule has 3 aliphatic rings. The van der Waals surface area contributed by atoms with Crippen LogP contribution in [0.4, 0.5) is 5.82 Å². The molecule has 1 aliphatic carbocycles. The topological polar surface area (TPSA) is 70.6 Å². The van der Waals surface area contributed by atoms with Crippen molar-refractivity contribution in [2.45, 2.75) is 51.1 Å². The van der Waals surface area contributed by atoms with Crippen molar-refractivity contribution in [3.05, 3.63) is 42.1 Å². The van der Waals surface area contributed by atoms with Gasteiger partial charge in [-0.1, -0.05) is 18.2 Å². The zero-order chi connectivity index (χ0) is 23.5. The second-order valence-corrected chi connectivity index (χ2v) is 11.1. The molecule has 2 aliphatic heterocycles. The van der Waals surface area contributed by atoms with E-state index in [9.17, 15) is 4.79 Å². The van der Waals surface area contributed by atoms with Crippen LogP contribution in [0.2, 0.25) is 0 Å². The maximum atomic E-state index is 12.6. The summed E-state index contributed by atoms with van der Waals surface area (Å²) in [5.74, 6) is 3.81. The number of piperazine rings is 1. The number of hydrogen-bond acceptors (Lipinski definition) is 6. The third kappa shape index (κ3) is 7.70. The Morgan fingerprint density at radius 1 is 1.03 bits per heavy atom. The van der Waals surface area contributed by atoms with Gasteiger partial charge >= 0.3 is 0 Å². The quantitative estimate of drug-likeness (QED) is 0.538. The van der Waals surface area contributed by atoms with Crippen molar-refractivity contribution in [3.63, 3.8) is 0 Å². The average Bonchev–Trinajstić information content (AvgIpc) is 3.55. The van der Waals surface area contributed by atoms with Gasteiger partial charge in [0, 0.05) is 50.6 Å².